The molecule has 1 atom stereocenters. The molecule has 4 bridgehead atoms. The van der Waals surface area contributed by atoms with Crippen molar-refractivity contribution >= 4 is 17.5 Å². The van der Waals surface area contributed by atoms with Crippen molar-refractivity contribution in [1.29, 1.82) is 0 Å². The Morgan fingerprint density at radius 3 is 2.23 bits per heavy atom. The Balaban J connectivity index is 1.46. The summed E-state index contributed by atoms with van der Waals surface area (Å²) in [6, 6.07) is 3.08. The van der Waals surface area contributed by atoms with Crippen molar-refractivity contribution in [3.8, 4) is 0 Å². The van der Waals surface area contributed by atoms with Gasteiger partial charge in [-0.25, -0.2) is 0 Å². The number of nitrogens with one attached hydrogen (secondary N) is 2. The molecule has 26 heavy (non-hydrogen) atoms. The summed E-state index contributed by atoms with van der Waals surface area (Å²) in [4.78, 5) is 30.1. The molecule has 1 aromatic rings. The smallest absolute Gasteiger partial charge is 0.247 e. The molecule has 0 aromatic carbocycles. The minimum Gasteiger partial charge on any atom is -0.344 e. The molecule has 0 saturated heterocycles. The first kappa shape index (κ1) is 17.5. The van der Waals surface area contributed by atoms with Crippen molar-refractivity contribution in [2.75, 3.05) is 5.32 Å². The third-order valence-electron chi connectivity index (χ3n) is 6.68. The SMILES string of the molecule is CC(C)C(NC(=O)C12CC3CC(CC(C3)C1)C2)C(=O)Nc1cccnc1. The van der Waals surface area contributed by atoms with Gasteiger partial charge in [0, 0.05) is 11.6 Å². The zero-order valence-electron chi connectivity index (χ0n) is 15.7. The van der Waals surface area contributed by atoms with Crippen molar-refractivity contribution < 1.29 is 9.59 Å². The average Bonchev–Trinajstić information content (AvgIpc) is 2.58. The minimum atomic E-state index is -0.518. The molecular formula is C21H29N3O2. The first-order chi connectivity index (χ1) is 12.4. The quantitative estimate of drug-likeness (QED) is 0.850. The molecule has 5 rings (SSSR count). The lowest BCUT2D eigenvalue weighted by molar-refractivity contribution is -0.148. The van der Waals surface area contributed by atoms with Gasteiger partial charge in [0.1, 0.15) is 6.04 Å². The molecule has 4 fully saturated rings. The molecule has 0 spiro atoms. The highest BCUT2D eigenvalue weighted by atomic mass is 16.2. The van der Waals surface area contributed by atoms with Crippen LogP contribution in [0.1, 0.15) is 52.4 Å². The number of pyridine rings is 1. The van der Waals surface area contributed by atoms with E-state index in [1.54, 1.807) is 18.5 Å². The number of carbonyl (C=O) groups is 2. The Bertz CT molecular complexity index is 650. The minimum absolute atomic E-state index is 0.0320. The van der Waals surface area contributed by atoms with E-state index in [1.165, 1.54) is 19.3 Å². The molecule has 5 heteroatoms. The van der Waals surface area contributed by atoms with Crippen LogP contribution in [0, 0.1) is 29.1 Å². The van der Waals surface area contributed by atoms with Gasteiger partial charge in [-0.2, -0.15) is 0 Å². The van der Waals surface area contributed by atoms with Crippen LogP contribution in [0.5, 0.6) is 0 Å². The van der Waals surface area contributed by atoms with Crippen molar-refractivity contribution in [2.45, 2.75) is 58.4 Å². The largest absolute Gasteiger partial charge is 0.344 e. The Morgan fingerprint density at radius 1 is 1.12 bits per heavy atom. The number of aromatic nitrogens is 1. The summed E-state index contributed by atoms with van der Waals surface area (Å²) < 4.78 is 0. The van der Waals surface area contributed by atoms with Gasteiger partial charge in [-0.1, -0.05) is 13.8 Å². The molecule has 2 N–H and O–H groups in total. The van der Waals surface area contributed by atoms with E-state index in [0.29, 0.717) is 23.4 Å². The van der Waals surface area contributed by atoms with Crippen LogP contribution in [-0.2, 0) is 9.59 Å². The van der Waals surface area contributed by atoms with Gasteiger partial charge in [0.15, 0.2) is 0 Å². The lowest BCUT2D eigenvalue weighted by atomic mass is 9.49. The first-order valence-electron chi connectivity index (χ1n) is 9.97. The van der Waals surface area contributed by atoms with Crippen molar-refractivity contribution in [1.82, 2.24) is 10.3 Å². The van der Waals surface area contributed by atoms with Gasteiger partial charge in [0.2, 0.25) is 11.8 Å². The summed E-state index contributed by atoms with van der Waals surface area (Å²) in [5.41, 5.74) is 0.434. The molecule has 4 aliphatic carbocycles. The van der Waals surface area contributed by atoms with Crippen molar-refractivity contribution in [3.05, 3.63) is 24.5 Å². The number of nitrogens with zero attached hydrogens (tertiary/aromatic N) is 1. The van der Waals surface area contributed by atoms with Gasteiger partial charge in [0.25, 0.3) is 0 Å². The number of carbonyl (C=O) groups excluding carboxylic acids is 2. The number of amides is 2. The highest BCUT2D eigenvalue weighted by molar-refractivity contribution is 5.98. The number of hydrogen-bond donors (Lipinski definition) is 2. The van der Waals surface area contributed by atoms with E-state index in [2.05, 4.69) is 15.6 Å². The van der Waals surface area contributed by atoms with Crippen LogP contribution in [0.2, 0.25) is 0 Å². The van der Waals surface area contributed by atoms with Gasteiger partial charge < -0.3 is 10.6 Å². The summed E-state index contributed by atoms with van der Waals surface area (Å²) in [6.07, 6.45) is 10.3. The molecule has 1 unspecified atom stereocenters. The molecule has 1 heterocycles. The zero-order valence-corrected chi connectivity index (χ0v) is 15.7. The molecule has 1 aromatic heterocycles. The zero-order chi connectivity index (χ0) is 18.3. The van der Waals surface area contributed by atoms with Gasteiger partial charge in [-0.15, -0.1) is 0 Å². The molecular weight excluding hydrogens is 326 g/mol. The topological polar surface area (TPSA) is 71.1 Å². The second-order valence-electron chi connectivity index (χ2n) is 9.12. The highest BCUT2D eigenvalue weighted by Gasteiger charge is 2.55. The highest BCUT2D eigenvalue weighted by Crippen LogP contribution is 2.60. The van der Waals surface area contributed by atoms with E-state index in [-0.39, 0.29) is 23.1 Å². The molecule has 0 radical (unpaired) electrons. The van der Waals surface area contributed by atoms with Crippen LogP contribution in [0.3, 0.4) is 0 Å². The second kappa shape index (κ2) is 6.67. The van der Waals surface area contributed by atoms with Crippen LogP contribution >= 0.6 is 0 Å². The Hall–Kier alpha value is -1.91. The van der Waals surface area contributed by atoms with Gasteiger partial charge in [0.05, 0.1) is 11.9 Å². The molecule has 5 nitrogen and oxygen atoms in total. The van der Waals surface area contributed by atoms with Crippen LogP contribution in [0.25, 0.3) is 0 Å². The first-order valence-corrected chi connectivity index (χ1v) is 9.97. The number of hydrogen-bond acceptors (Lipinski definition) is 3. The fourth-order valence-electron chi connectivity index (χ4n) is 5.87. The van der Waals surface area contributed by atoms with Gasteiger partial charge in [-0.05, 0) is 74.3 Å². The van der Waals surface area contributed by atoms with Crippen LogP contribution in [0.15, 0.2) is 24.5 Å². The fraction of sp³-hybridized carbons (Fsp3) is 0.667. The second-order valence-corrected chi connectivity index (χ2v) is 9.12. The molecule has 2 amide bonds. The Labute approximate surface area is 155 Å². The van der Waals surface area contributed by atoms with Crippen LogP contribution in [0.4, 0.5) is 5.69 Å². The van der Waals surface area contributed by atoms with E-state index in [0.717, 1.165) is 19.3 Å². The lowest BCUT2D eigenvalue weighted by Gasteiger charge is -2.55. The normalized spacial score (nSPS) is 33.1. The molecule has 140 valence electrons. The predicted octanol–water partition coefficient (Wildman–Crippen LogP) is 3.38. The Morgan fingerprint density at radius 2 is 1.73 bits per heavy atom. The van der Waals surface area contributed by atoms with E-state index < -0.39 is 6.04 Å². The maximum atomic E-state index is 13.3. The molecule has 4 saturated carbocycles. The van der Waals surface area contributed by atoms with E-state index in [4.69, 9.17) is 0 Å². The summed E-state index contributed by atoms with van der Waals surface area (Å²) in [7, 11) is 0. The van der Waals surface area contributed by atoms with E-state index in [1.807, 2.05) is 19.9 Å². The third-order valence-corrected chi connectivity index (χ3v) is 6.68. The summed E-state index contributed by atoms with van der Waals surface area (Å²) in [5, 5.41) is 6.01. The molecule has 4 aliphatic rings. The maximum Gasteiger partial charge on any atom is 0.247 e. The fourth-order valence-corrected chi connectivity index (χ4v) is 5.87. The van der Waals surface area contributed by atoms with Gasteiger partial charge in [-0.3, -0.25) is 14.6 Å². The van der Waals surface area contributed by atoms with Crippen molar-refractivity contribution in [2.24, 2.45) is 29.1 Å². The standard InChI is InChI=1S/C21H29N3O2/c1-13(2)18(19(25)23-17-4-3-5-22-12-17)24-20(26)21-9-14-6-15(10-21)8-16(7-14)11-21/h3-5,12-16,18H,6-11H2,1-2H3,(H,23,25)(H,24,26). The molecule has 0 aliphatic heterocycles. The van der Waals surface area contributed by atoms with E-state index >= 15 is 0 Å². The van der Waals surface area contributed by atoms with E-state index in [9.17, 15) is 9.59 Å². The lowest BCUT2D eigenvalue weighted by Crippen LogP contribution is -2.57. The van der Waals surface area contributed by atoms with Crippen LogP contribution in [-0.4, -0.2) is 22.8 Å². The average molecular weight is 355 g/mol. The predicted molar refractivity (Wildman–Crippen MR) is 100 cm³/mol. The summed E-state index contributed by atoms with van der Waals surface area (Å²) in [5.74, 6) is 2.13. The van der Waals surface area contributed by atoms with Gasteiger partial charge >= 0.3 is 0 Å². The number of anilines is 1. The number of rotatable bonds is 5. The summed E-state index contributed by atoms with van der Waals surface area (Å²) >= 11 is 0. The maximum absolute atomic E-state index is 13.3. The third kappa shape index (κ3) is 3.24. The Kier molecular flexibility index (Phi) is 4.49. The summed E-state index contributed by atoms with van der Waals surface area (Å²) in [6.45, 7) is 3.96. The van der Waals surface area contributed by atoms with Crippen LogP contribution < -0.4 is 10.6 Å². The van der Waals surface area contributed by atoms with Crippen molar-refractivity contribution in [3.63, 3.8) is 0 Å². The monoisotopic (exact) mass is 355 g/mol.